The molecule has 0 atom stereocenters. The molecule has 16 heavy (non-hydrogen) atoms. The zero-order valence-corrected chi connectivity index (χ0v) is 9.32. The van der Waals surface area contributed by atoms with Crippen LogP contribution in [0.4, 0.5) is 0 Å². The third-order valence-electron chi connectivity index (χ3n) is 2.05. The van der Waals surface area contributed by atoms with Crippen molar-refractivity contribution in [2.45, 2.75) is 6.61 Å². The third-order valence-corrected chi connectivity index (χ3v) is 2.05. The summed E-state index contributed by atoms with van der Waals surface area (Å²) in [5.41, 5.74) is 0.702. The Bertz CT molecular complexity index is 365. The summed E-state index contributed by atoms with van der Waals surface area (Å²) in [4.78, 5) is 11.0. The minimum absolute atomic E-state index is 0.0816. The Hall–Kier alpha value is -1.75. The first-order chi connectivity index (χ1) is 7.71. The van der Waals surface area contributed by atoms with Crippen LogP contribution in [0.3, 0.4) is 0 Å². The first-order valence-corrected chi connectivity index (χ1v) is 4.82. The Morgan fingerprint density at radius 2 is 2.19 bits per heavy atom. The van der Waals surface area contributed by atoms with Crippen LogP contribution >= 0.6 is 0 Å². The molecule has 0 bridgehead atoms. The fraction of sp³-hybridized carbons (Fsp3) is 0.364. The Morgan fingerprint density at radius 3 is 2.75 bits per heavy atom. The molecule has 0 saturated heterocycles. The van der Waals surface area contributed by atoms with E-state index in [1.54, 1.807) is 18.2 Å². The van der Waals surface area contributed by atoms with Crippen molar-refractivity contribution in [3.05, 3.63) is 23.8 Å². The number of amides is 1. The van der Waals surface area contributed by atoms with Gasteiger partial charge in [-0.3, -0.25) is 4.79 Å². The summed E-state index contributed by atoms with van der Waals surface area (Å²) in [6.45, 7) is -0.165. The van der Waals surface area contributed by atoms with Gasteiger partial charge in [-0.05, 0) is 17.7 Å². The molecule has 88 valence electrons. The molecule has 5 nitrogen and oxygen atoms in total. The van der Waals surface area contributed by atoms with Crippen LogP contribution in [-0.4, -0.2) is 31.8 Å². The SMILES string of the molecule is CNC(=O)COc1cc(CO)ccc1OC. The first kappa shape index (κ1) is 12.3. The highest BCUT2D eigenvalue weighted by atomic mass is 16.5. The van der Waals surface area contributed by atoms with Gasteiger partial charge in [0.15, 0.2) is 18.1 Å². The number of hydrogen-bond donors (Lipinski definition) is 2. The Kier molecular flexibility index (Phi) is 4.60. The van der Waals surface area contributed by atoms with Crippen molar-refractivity contribution in [2.75, 3.05) is 20.8 Å². The van der Waals surface area contributed by atoms with Gasteiger partial charge in [0.1, 0.15) is 0 Å². The van der Waals surface area contributed by atoms with Crippen molar-refractivity contribution in [1.29, 1.82) is 0 Å². The third kappa shape index (κ3) is 3.13. The quantitative estimate of drug-likeness (QED) is 0.757. The summed E-state index contributed by atoms with van der Waals surface area (Å²) in [6.07, 6.45) is 0. The summed E-state index contributed by atoms with van der Waals surface area (Å²) in [5.74, 6) is 0.746. The molecule has 0 aliphatic rings. The van der Waals surface area contributed by atoms with Crippen LogP contribution in [-0.2, 0) is 11.4 Å². The van der Waals surface area contributed by atoms with Crippen LogP contribution in [0.5, 0.6) is 11.5 Å². The van der Waals surface area contributed by atoms with Gasteiger partial charge in [-0.2, -0.15) is 0 Å². The number of carbonyl (C=O) groups is 1. The van der Waals surface area contributed by atoms with Crippen LogP contribution in [0.1, 0.15) is 5.56 Å². The Balaban J connectivity index is 2.78. The highest BCUT2D eigenvalue weighted by Gasteiger charge is 2.07. The van der Waals surface area contributed by atoms with E-state index in [9.17, 15) is 4.79 Å². The molecule has 2 N–H and O–H groups in total. The lowest BCUT2D eigenvalue weighted by molar-refractivity contribution is -0.122. The van der Waals surface area contributed by atoms with Crippen LogP contribution < -0.4 is 14.8 Å². The molecular formula is C11H15NO4. The number of aliphatic hydroxyl groups excluding tert-OH is 1. The van der Waals surface area contributed by atoms with E-state index < -0.39 is 0 Å². The van der Waals surface area contributed by atoms with Crippen LogP contribution in [0, 0.1) is 0 Å². The monoisotopic (exact) mass is 225 g/mol. The second-order valence-corrected chi connectivity index (χ2v) is 3.11. The van der Waals surface area contributed by atoms with Gasteiger partial charge >= 0.3 is 0 Å². The van der Waals surface area contributed by atoms with Crippen LogP contribution in [0.2, 0.25) is 0 Å². The molecule has 0 aliphatic carbocycles. The van der Waals surface area contributed by atoms with E-state index in [-0.39, 0.29) is 19.1 Å². The van der Waals surface area contributed by atoms with Gasteiger partial charge < -0.3 is 19.9 Å². The summed E-state index contributed by atoms with van der Waals surface area (Å²) in [5, 5.41) is 11.4. The number of rotatable bonds is 5. The molecular weight excluding hydrogens is 210 g/mol. The van der Waals surface area contributed by atoms with Gasteiger partial charge in [0.2, 0.25) is 0 Å². The molecule has 0 saturated carbocycles. The van der Waals surface area contributed by atoms with E-state index in [1.165, 1.54) is 14.2 Å². The summed E-state index contributed by atoms with van der Waals surface area (Å²) in [7, 11) is 3.05. The fourth-order valence-electron chi connectivity index (χ4n) is 1.15. The van der Waals surface area contributed by atoms with Gasteiger partial charge in [0.25, 0.3) is 5.91 Å². The molecule has 0 heterocycles. The number of methoxy groups -OCH3 is 1. The number of aliphatic hydroxyl groups is 1. The summed E-state index contributed by atoms with van der Waals surface area (Å²) in [6, 6.07) is 5.05. The van der Waals surface area contributed by atoms with Crippen molar-refractivity contribution in [3.63, 3.8) is 0 Å². The fourth-order valence-corrected chi connectivity index (χ4v) is 1.15. The predicted octanol–water partition coefficient (Wildman–Crippen LogP) is 0.312. The maximum atomic E-state index is 11.0. The van der Waals surface area contributed by atoms with Crippen LogP contribution in [0.25, 0.3) is 0 Å². The van der Waals surface area contributed by atoms with Crippen molar-refractivity contribution < 1.29 is 19.4 Å². The van der Waals surface area contributed by atoms with Gasteiger partial charge in [0, 0.05) is 7.05 Å². The van der Waals surface area contributed by atoms with Crippen molar-refractivity contribution in [3.8, 4) is 11.5 Å². The molecule has 1 aromatic carbocycles. The van der Waals surface area contributed by atoms with E-state index in [0.29, 0.717) is 17.1 Å². The zero-order chi connectivity index (χ0) is 12.0. The van der Waals surface area contributed by atoms with Gasteiger partial charge in [-0.15, -0.1) is 0 Å². The summed E-state index contributed by atoms with van der Waals surface area (Å²) >= 11 is 0. The molecule has 0 fully saturated rings. The van der Waals surface area contributed by atoms with E-state index in [1.807, 2.05) is 0 Å². The molecule has 1 amide bonds. The maximum Gasteiger partial charge on any atom is 0.257 e. The largest absolute Gasteiger partial charge is 0.493 e. The lowest BCUT2D eigenvalue weighted by Gasteiger charge is -2.11. The number of ether oxygens (including phenoxy) is 2. The number of nitrogens with one attached hydrogen (secondary N) is 1. The zero-order valence-electron chi connectivity index (χ0n) is 9.32. The number of carbonyl (C=O) groups excluding carboxylic acids is 1. The lowest BCUT2D eigenvalue weighted by atomic mass is 10.2. The predicted molar refractivity (Wildman–Crippen MR) is 58.5 cm³/mol. The second kappa shape index (κ2) is 5.97. The molecule has 0 aromatic heterocycles. The maximum absolute atomic E-state index is 11.0. The highest BCUT2D eigenvalue weighted by Crippen LogP contribution is 2.27. The normalized spacial score (nSPS) is 9.69. The Morgan fingerprint density at radius 1 is 1.44 bits per heavy atom. The highest BCUT2D eigenvalue weighted by molar-refractivity contribution is 5.77. The molecule has 0 unspecified atom stereocenters. The standard InChI is InChI=1S/C11H15NO4/c1-12-11(14)7-16-10-5-8(6-13)3-4-9(10)15-2/h3-5,13H,6-7H2,1-2H3,(H,12,14). The molecule has 0 aliphatic heterocycles. The average Bonchev–Trinajstić information content (AvgIpc) is 2.35. The molecule has 0 spiro atoms. The van der Waals surface area contributed by atoms with E-state index >= 15 is 0 Å². The number of benzene rings is 1. The second-order valence-electron chi connectivity index (χ2n) is 3.11. The smallest absolute Gasteiger partial charge is 0.257 e. The molecule has 0 radical (unpaired) electrons. The number of hydrogen-bond acceptors (Lipinski definition) is 4. The average molecular weight is 225 g/mol. The van der Waals surface area contributed by atoms with E-state index in [0.717, 1.165) is 0 Å². The van der Waals surface area contributed by atoms with Gasteiger partial charge in [-0.25, -0.2) is 0 Å². The Labute approximate surface area is 94.0 Å². The lowest BCUT2D eigenvalue weighted by Crippen LogP contribution is -2.24. The van der Waals surface area contributed by atoms with E-state index in [2.05, 4.69) is 5.32 Å². The summed E-state index contributed by atoms with van der Waals surface area (Å²) < 4.78 is 10.3. The van der Waals surface area contributed by atoms with Crippen molar-refractivity contribution in [2.24, 2.45) is 0 Å². The van der Waals surface area contributed by atoms with Crippen LogP contribution in [0.15, 0.2) is 18.2 Å². The van der Waals surface area contributed by atoms with E-state index in [4.69, 9.17) is 14.6 Å². The van der Waals surface area contributed by atoms with Crippen molar-refractivity contribution in [1.82, 2.24) is 5.32 Å². The minimum Gasteiger partial charge on any atom is -0.493 e. The van der Waals surface area contributed by atoms with Crippen molar-refractivity contribution >= 4 is 5.91 Å². The minimum atomic E-state index is -0.226. The van der Waals surface area contributed by atoms with Gasteiger partial charge in [0.05, 0.1) is 13.7 Å². The van der Waals surface area contributed by atoms with Gasteiger partial charge in [-0.1, -0.05) is 6.07 Å². The first-order valence-electron chi connectivity index (χ1n) is 4.82. The molecule has 1 aromatic rings. The molecule has 1 rings (SSSR count). The molecule has 5 heteroatoms. The number of likely N-dealkylation sites (N-methyl/N-ethyl adjacent to an activating group) is 1. The topological polar surface area (TPSA) is 67.8 Å².